The number of sulfone groups is 1. The summed E-state index contributed by atoms with van der Waals surface area (Å²) < 4.78 is 23.3. The highest BCUT2D eigenvalue weighted by Gasteiger charge is 2.49. The van der Waals surface area contributed by atoms with Crippen molar-refractivity contribution >= 4 is 9.84 Å². The summed E-state index contributed by atoms with van der Waals surface area (Å²) in [6, 6.07) is 0.350. The highest BCUT2D eigenvalue weighted by molar-refractivity contribution is 7.92. The van der Waals surface area contributed by atoms with E-state index in [-0.39, 0.29) is 5.25 Å². The van der Waals surface area contributed by atoms with Crippen molar-refractivity contribution in [3.8, 4) is 0 Å². The van der Waals surface area contributed by atoms with Crippen LogP contribution in [0.5, 0.6) is 0 Å². The van der Waals surface area contributed by atoms with Gasteiger partial charge in [-0.05, 0) is 37.0 Å². The zero-order valence-corrected chi connectivity index (χ0v) is 11.6. The predicted octanol–water partition coefficient (Wildman–Crippen LogP) is 1.54. The average molecular weight is 257 g/mol. The molecule has 0 radical (unpaired) electrons. The zero-order valence-electron chi connectivity index (χ0n) is 10.8. The monoisotopic (exact) mass is 257 g/mol. The normalized spacial score (nSPS) is 44.2. The summed E-state index contributed by atoms with van der Waals surface area (Å²) in [6.07, 6.45) is 3.62. The molecule has 2 bridgehead atoms. The van der Waals surface area contributed by atoms with Gasteiger partial charge in [0.05, 0.1) is 11.0 Å². The summed E-state index contributed by atoms with van der Waals surface area (Å²) >= 11 is 0. The van der Waals surface area contributed by atoms with E-state index in [1.807, 2.05) is 0 Å². The van der Waals surface area contributed by atoms with E-state index in [2.05, 4.69) is 18.7 Å². The van der Waals surface area contributed by atoms with Crippen molar-refractivity contribution < 1.29 is 8.42 Å². The Kier molecular flexibility index (Phi) is 2.78. The molecule has 2 aliphatic heterocycles. The molecule has 0 N–H and O–H groups in total. The molecule has 0 unspecified atom stereocenters. The smallest absolute Gasteiger partial charge is 0.156 e. The van der Waals surface area contributed by atoms with Crippen LogP contribution in [0.2, 0.25) is 0 Å². The maximum absolute atomic E-state index is 11.7. The fourth-order valence-electron chi connectivity index (χ4n) is 3.81. The van der Waals surface area contributed by atoms with Gasteiger partial charge in [0, 0.05) is 19.1 Å². The SMILES string of the molecule is CC(C)C1CC(CN2C[C@@H]3C[C@H]2CS3(=O)=O)C1. The van der Waals surface area contributed by atoms with E-state index in [4.69, 9.17) is 0 Å². The van der Waals surface area contributed by atoms with Crippen LogP contribution in [0.1, 0.15) is 33.1 Å². The van der Waals surface area contributed by atoms with Gasteiger partial charge in [0.25, 0.3) is 0 Å². The maximum atomic E-state index is 11.7. The summed E-state index contributed by atoms with van der Waals surface area (Å²) in [5.74, 6) is 3.01. The lowest BCUT2D eigenvalue weighted by Crippen LogP contribution is -2.45. The molecule has 0 aromatic carbocycles. The largest absolute Gasteiger partial charge is 0.298 e. The molecular weight excluding hydrogens is 234 g/mol. The Morgan fingerprint density at radius 1 is 1.24 bits per heavy atom. The molecule has 4 heteroatoms. The van der Waals surface area contributed by atoms with E-state index in [0.29, 0.717) is 11.8 Å². The molecule has 0 aromatic heterocycles. The van der Waals surface area contributed by atoms with Crippen molar-refractivity contribution in [1.29, 1.82) is 0 Å². The van der Waals surface area contributed by atoms with Crippen LogP contribution in [0.3, 0.4) is 0 Å². The van der Waals surface area contributed by atoms with Gasteiger partial charge in [0.15, 0.2) is 9.84 Å². The standard InChI is InChI=1S/C13H23NO2S/c1-9(2)11-3-10(4-11)6-14-7-13-5-12(14)8-17(13,15)16/h9-13H,3-8H2,1-2H3/t10?,11?,12-,13-/m0/s1. The molecule has 0 amide bonds. The fraction of sp³-hybridized carbons (Fsp3) is 1.00. The number of fused-ring (bicyclic) bond motifs is 2. The molecule has 2 atom stereocenters. The highest BCUT2D eigenvalue weighted by Crippen LogP contribution is 2.41. The Morgan fingerprint density at radius 3 is 2.41 bits per heavy atom. The lowest BCUT2D eigenvalue weighted by atomic mass is 9.69. The Balaban J connectivity index is 1.51. The van der Waals surface area contributed by atoms with Crippen LogP contribution in [0.15, 0.2) is 0 Å². The van der Waals surface area contributed by atoms with Gasteiger partial charge in [-0.3, -0.25) is 4.90 Å². The van der Waals surface area contributed by atoms with Gasteiger partial charge in [0.2, 0.25) is 0 Å². The third kappa shape index (κ3) is 2.03. The molecule has 0 spiro atoms. The van der Waals surface area contributed by atoms with Gasteiger partial charge < -0.3 is 0 Å². The van der Waals surface area contributed by atoms with Gasteiger partial charge in [-0.25, -0.2) is 8.42 Å². The fourth-order valence-corrected chi connectivity index (χ4v) is 5.90. The third-order valence-corrected chi connectivity index (χ3v) is 7.34. The highest BCUT2D eigenvalue weighted by atomic mass is 32.2. The van der Waals surface area contributed by atoms with Crippen LogP contribution in [-0.2, 0) is 9.84 Å². The second-order valence-corrected chi connectivity index (χ2v) is 8.96. The van der Waals surface area contributed by atoms with E-state index in [1.54, 1.807) is 0 Å². The van der Waals surface area contributed by atoms with Gasteiger partial charge in [-0.2, -0.15) is 0 Å². The zero-order chi connectivity index (χ0) is 12.2. The number of rotatable bonds is 3. The van der Waals surface area contributed by atoms with Crippen LogP contribution in [-0.4, -0.2) is 43.5 Å². The summed E-state index contributed by atoms with van der Waals surface area (Å²) in [5, 5.41) is -0.0338. The minimum atomic E-state index is -2.71. The molecule has 0 aromatic rings. The Labute approximate surface area is 104 Å². The van der Waals surface area contributed by atoms with Crippen molar-refractivity contribution in [3.63, 3.8) is 0 Å². The summed E-state index contributed by atoms with van der Waals surface area (Å²) in [5.41, 5.74) is 0. The van der Waals surface area contributed by atoms with Gasteiger partial charge in [0.1, 0.15) is 0 Å². The number of hydrogen-bond donors (Lipinski definition) is 0. The second-order valence-electron chi connectivity index (χ2n) is 6.64. The van der Waals surface area contributed by atoms with E-state index in [0.717, 1.165) is 37.3 Å². The minimum absolute atomic E-state index is 0.0338. The number of likely N-dealkylation sites (tertiary alicyclic amines) is 1. The van der Waals surface area contributed by atoms with Crippen LogP contribution in [0, 0.1) is 17.8 Å². The molecule has 17 heavy (non-hydrogen) atoms. The summed E-state index contributed by atoms with van der Waals surface area (Å²) in [7, 11) is -2.71. The molecule has 3 nitrogen and oxygen atoms in total. The topological polar surface area (TPSA) is 37.4 Å². The molecule has 1 saturated carbocycles. The first-order valence-corrected chi connectivity index (χ1v) is 8.63. The number of nitrogens with zero attached hydrogens (tertiary/aromatic N) is 1. The first-order chi connectivity index (χ1) is 7.95. The molecule has 2 saturated heterocycles. The van der Waals surface area contributed by atoms with Gasteiger partial charge in [-0.15, -0.1) is 0 Å². The first-order valence-electron chi connectivity index (χ1n) is 6.91. The minimum Gasteiger partial charge on any atom is -0.298 e. The Morgan fingerprint density at radius 2 is 1.94 bits per heavy atom. The van der Waals surface area contributed by atoms with E-state index < -0.39 is 9.84 Å². The number of hydrogen-bond acceptors (Lipinski definition) is 3. The molecular formula is C13H23NO2S. The van der Waals surface area contributed by atoms with Crippen molar-refractivity contribution in [3.05, 3.63) is 0 Å². The lowest BCUT2D eigenvalue weighted by Gasteiger charge is -2.41. The molecule has 3 rings (SSSR count). The van der Waals surface area contributed by atoms with E-state index in [9.17, 15) is 8.42 Å². The van der Waals surface area contributed by atoms with E-state index >= 15 is 0 Å². The van der Waals surface area contributed by atoms with Crippen molar-refractivity contribution in [2.24, 2.45) is 17.8 Å². The predicted molar refractivity (Wildman–Crippen MR) is 68.6 cm³/mol. The lowest BCUT2D eigenvalue weighted by molar-refractivity contribution is 0.0922. The van der Waals surface area contributed by atoms with E-state index in [1.165, 1.54) is 12.8 Å². The average Bonchev–Trinajstić information content (AvgIpc) is 2.64. The van der Waals surface area contributed by atoms with Crippen LogP contribution >= 0.6 is 0 Å². The van der Waals surface area contributed by atoms with Crippen LogP contribution < -0.4 is 0 Å². The quantitative estimate of drug-likeness (QED) is 0.769. The first kappa shape index (κ1) is 12.0. The Hall–Kier alpha value is -0.0900. The molecule has 3 fully saturated rings. The Bertz CT molecular complexity index is 398. The van der Waals surface area contributed by atoms with Gasteiger partial charge in [-0.1, -0.05) is 13.8 Å². The van der Waals surface area contributed by atoms with Crippen molar-refractivity contribution in [2.45, 2.75) is 44.4 Å². The van der Waals surface area contributed by atoms with Crippen molar-refractivity contribution in [1.82, 2.24) is 4.90 Å². The van der Waals surface area contributed by atoms with Crippen LogP contribution in [0.25, 0.3) is 0 Å². The maximum Gasteiger partial charge on any atom is 0.156 e. The molecule has 98 valence electrons. The molecule has 1 aliphatic carbocycles. The summed E-state index contributed by atoms with van der Waals surface area (Å²) in [4.78, 5) is 2.45. The summed E-state index contributed by atoms with van der Waals surface area (Å²) in [6.45, 7) is 6.59. The molecule has 2 heterocycles. The second kappa shape index (κ2) is 3.95. The molecule has 3 aliphatic rings. The van der Waals surface area contributed by atoms with Crippen molar-refractivity contribution in [2.75, 3.05) is 18.8 Å². The third-order valence-electron chi connectivity index (χ3n) is 5.13. The van der Waals surface area contributed by atoms with Gasteiger partial charge >= 0.3 is 0 Å². The van der Waals surface area contributed by atoms with Crippen LogP contribution in [0.4, 0.5) is 0 Å².